The number of hydrogen-bond donors (Lipinski definition) is 2. The van der Waals surface area contributed by atoms with Gasteiger partial charge in [0.25, 0.3) is 0 Å². The van der Waals surface area contributed by atoms with Crippen molar-refractivity contribution < 1.29 is 14.3 Å². The number of carbonyl (C=O) groups is 1. The highest BCUT2D eigenvalue weighted by molar-refractivity contribution is 6.30. The van der Waals surface area contributed by atoms with E-state index in [1.807, 2.05) is 0 Å². The van der Waals surface area contributed by atoms with E-state index in [-0.39, 0.29) is 10.6 Å². The molecule has 0 aliphatic rings. The molecule has 14 heavy (non-hydrogen) atoms. The van der Waals surface area contributed by atoms with E-state index in [9.17, 15) is 9.18 Å². The lowest BCUT2D eigenvalue weighted by molar-refractivity contribution is -0.143. The van der Waals surface area contributed by atoms with Crippen molar-refractivity contribution in [3.05, 3.63) is 34.6 Å². The SMILES string of the molecule is C[C@@](N)(C(=O)O)c1ccc(Cl)cc1F. The van der Waals surface area contributed by atoms with Gasteiger partial charge in [0.2, 0.25) is 0 Å². The van der Waals surface area contributed by atoms with Crippen molar-refractivity contribution in [3.63, 3.8) is 0 Å². The van der Waals surface area contributed by atoms with E-state index in [0.29, 0.717) is 0 Å². The molecule has 0 radical (unpaired) electrons. The van der Waals surface area contributed by atoms with E-state index in [0.717, 1.165) is 6.07 Å². The molecule has 0 fully saturated rings. The van der Waals surface area contributed by atoms with Gasteiger partial charge in [0.15, 0.2) is 0 Å². The number of nitrogens with two attached hydrogens (primary N) is 1. The molecule has 0 saturated carbocycles. The Morgan fingerprint density at radius 2 is 2.21 bits per heavy atom. The van der Waals surface area contributed by atoms with Gasteiger partial charge >= 0.3 is 5.97 Å². The van der Waals surface area contributed by atoms with Gasteiger partial charge < -0.3 is 10.8 Å². The second kappa shape index (κ2) is 3.55. The zero-order valence-electron chi connectivity index (χ0n) is 7.42. The molecule has 76 valence electrons. The molecule has 0 saturated heterocycles. The Bertz CT molecular complexity index is 379. The third-order valence-corrected chi connectivity index (χ3v) is 2.17. The molecule has 0 aromatic heterocycles. The Morgan fingerprint density at radius 3 is 2.64 bits per heavy atom. The number of aliphatic carboxylic acids is 1. The number of rotatable bonds is 2. The first-order valence-corrected chi connectivity index (χ1v) is 4.21. The summed E-state index contributed by atoms with van der Waals surface area (Å²) in [5.41, 5.74) is 3.62. The number of carboxylic acids is 1. The van der Waals surface area contributed by atoms with Crippen LogP contribution in [0.4, 0.5) is 4.39 Å². The minimum atomic E-state index is -1.74. The van der Waals surface area contributed by atoms with Crippen LogP contribution >= 0.6 is 11.6 Å². The van der Waals surface area contributed by atoms with Crippen LogP contribution in [0.25, 0.3) is 0 Å². The van der Waals surface area contributed by atoms with Crippen molar-refractivity contribution in [1.82, 2.24) is 0 Å². The zero-order chi connectivity index (χ0) is 10.9. The predicted octanol–water partition coefficient (Wildman–Crippen LogP) is 1.74. The highest BCUT2D eigenvalue weighted by Gasteiger charge is 2.32. The lowest BCUT2D eigenvalue weighted by atomic mass is 9.93. The monoisotopic (exact) mass is 217 g/mol. The Balaban J connectivity index is 3.26. The van der Waals surface area contributed by atoms with Crippen LogP contribution in [0.5, 0.6) is 0 Å². The van der Waals surface area contributed by atoms with E-state index in [1.165, 1.54) is 19.1 Å². The summed E-state index contributed by atoms with van der Waals surface area (Å²) >= 11 is 5.52. The van der Waals surface area contributed by atoms with Crippen molar-refractivity contribution >= 4 is 17.6 Å². The molecular weight excluding hydrogens is 209 g/mol. The van der Waals surface area contributed by atoms with E-state index in [2.05, 4.69) is 0 Å². The van der Waals surface area contributed by atoms with Gasteiger partial charge in [0.1, 0.15) is 11.4 Å². The lowest BCUT2D eigenvalue weighted by Gasteiger charge is -2.20. The summed E-state index contributed by atoms with van der Waals surface area (Å²) in [7, 11) is 0. The first-order valence-electron chi connectivity index (χ1n) is 3.83. The van der Waals surface area contributed by atoms with Crippen molar-refractivity contribution in [1.29, 1.82) is 0 Å². The van der Waals surface area contributed by atoms with Gasteiger partial charge in [0.05, 0.1) is 0 Å². The van der Waals surface area contributed by atoms with Crippen LogP contribution in [0.1, 0.15) is 12.5 Å². The van der Waals surface area contributed by atoms with Crippen LogP contribution < -0.4 is 5.73 Å². The fourth-order valence-electron chi connectivity index (χ4n) is 1.03. The van der Waals surface area contributed by atoms with Crippen molar-refractivity contribution in [2.75, 3.05) is 0 Å². The normalized spacial score (nSPS) is 14.9. The Morgan fingerprint density at radius 1 is 1.64 bits per heavy atom. The third-order valence-electron chi connectivity index (χ3n) is 1.93. The van der Waals surface area contributed by atoms with Crippen LogP contribution in [-0.2, 0) is 10.3 Å². The molecule has 3 nitrogen and oxygen atoms in total. The molecule has 3 N–H and O–H groups in total. The molecule has 0 spiro atoms. The van der Waals surface area contributed by atoms with E-state index < -0.39 is 17.3 Å². The van der Waals surface area contributed by atoms with Gasteiger partial charge in [-0.1, -0.05) is 17.7 Å². The molecule has 1 rings (SSSR count). The average Bonchev–Trinajstić information content (AvgIpc) is 2.02. The van der Waals surface area contributed by atoms with Gasteiger partial charge in [-0.2, -0.15) is 0 Å². The smallest absolute Gasteiger partial charge is 0.328 e. The molecular formula is C9H9ClFNO2. The summed E-state index contributed by atoms with van der Waals surface area (Å²) < 4.78 is 13.3. The molecule has 0 amide bonds. The lowest BCUT2D eigenvalue weighted by Crippen LogP contribution is -2.42. The minimum absolute atomic E-state index is 0.0885. The molecule has 0 aliphatic carbocycles. The van der Waals surface area contributed by atoms with Crippen molar-refractivity contribution in [2.24, 2.45) is 5.73 Å². The number of benzene rings is 1. The van der Waals surface area contributed by atoms with Crippen LogP contribution in [0.3, 0.4) is 0 Å². The first kappa shape index (κ1) is 10.9. The van der Waals surface area contributed by atoms with Crippen LogP contribution in [-0.4, -0.2) is 11.1 Å². The van der Waals surface area contributed by atoms with Gasteiger partial charge in [-0.3, -0.25) is 0 Å². The minimum Gasteiger partial charge on any atom is -0.480 e. The molecule has 5 heteroatoms. The maximum atomic E-state index is 13.3. The Kier molecular flexibility index (Phi) is 2.78. The van der Waals surface area contributed by atoms with Crippen LogP contribution in [0, 0.1) is 5.82 Å². The van der Waals surface area contributed by atoms with E-state index in [4.69, 9.17) is 22.4 Å². The summed E-state index contributed by atoms with van der Waals surface area (Å²) in [5.74, 6) is -2.01. The predicted molar refractivity (Wildman–Crippen MR) is 50.6 cm³/mol. The zero-order valence-corrected chi connectivity index (χ0v) is 8.18. The van der Waals surface area contributed by atoms with Gasteiger partial charge in [0, 0.05) is 10.6 Å². The highest BCUT2D eigenvalue weighted by Crippen LogP contribution is 2.23. The number of carboxylic acid groups (broad SMARTS) is 1. The standard InChI is InChI=1S/C9H9ClFNO2/c1-9(12,8(13)14)6-3-2-5(10)4-7(6)11/h2-4H,12H2,1H3,(H,13,14)/t9-/m0/s1. The maximum Gasteiger partial charge on any atom is 0.328 e. The number of hydrogen-bond acceptors (Lipinski definition) is 2. The largest absolute Gasteiger partial charge is 0.480 e. The summed E-state index contributed by atoms with van der Waals surface area (Å²) in [4.78, 5) is 10.7. The fourth-order valence-corrected chi connectivity index (χ4v) is 1.18. The third kappa shape index (κ3) is 1.86. The molecule has 0 aliphatic heterocycles. The second-order valence-electron chi connectivity index (χ2n) is 3.13. The van der Waals surface area contributed by atoms with E-state index in [1.54, 1.807) is 0 Å². The van der Waals surface area contributed by atoms with Crippen LogP contribution in [0.2, 0.25) is 5.02 Å². The second-order valence-corrected chi connectivity index (χ2v) is 3.57. The van der Waals surface area contributed by atoms with Gasteiger partial charge in [-0.05, 0) is 19.1 Å². The molecule has 0 bridgehead atoms. The highest BCUT2D eigenvalue weighted by atomic mass is 35.5. The molecule has 0 unspecified atom stereocenters. The Labute approximate surface area is 85.3 Å². The summed E-state index contributed by atoms with van der Waals surface area (Å²) in [6.45, 7) is 1.22. The molecule has 0 heterocycles. The molecule has 1 atom stereocenters. The topological polar surface area (TPSA) is 63.3 Å². The maximum absolute atomic E-state index is 13.3. The quantitative estimate of drug-likeness (QED) is 0.793. The van der Waals surface area contributed by atoms with E-state index >= 15 is 0 Å². The molecule has 1 aromatic rings. The van der Waals surface area contributed by atoms with Crippen molar-refractivity contribution in [2.45, 2.75) is 12.5 Å². The Hall–Kier alpha value is -1.13. The molecule has 1 aromatic carbocycles. The fraction of sp³-hybridized carbons (Fsp3) is 0.222. The number of halogens is 2. The summed E-state index contributed by atoms with van der Waals surface area (Å²) in [6, 6.07) is 3.70. The van der Waals surface area contributed by atoms with Gasteiger partial charge in [-0.15, -0.1) is 0 Å². The average molecular weight is 218 g/mol. The van der Waals surface area contributed by atoms with Crippen LogP contribution in [0.15, 0.2) is 18.2 Å². The summed E-state index contributed by atoms with van der Waals surface area (Å²) in [5, 5.41) is 8.97. The van der Waals surface area contributed by atoms with Crippen molar-refractivity contribution in [3.8, 4) is 0 Å². The summed E-state index contributed by atoms with van der Waals surface area (Å²) in [6.07, 6.45) is 0. The first-order chi connectivity index (χ1) is 6.35. The van der Waals surface area contributed by atoms with Gasteiger partial charge in [-0.25, -0.2) is 9.18 Å².